The Balaban J connectivity index is 2.34. The lowest BCUT2D eigenvalue weighted by Crippen LogP contribution is -2.24. The fourth-order valence-electron chi connectivity index (χ4n) is 2.01. The van der Waals surface area contributed by atoms with Crippen LogP contribution < -0.4 is 4.90 Å². The fraction of sp³-hybridized carbons (Fsp3) is 0.200. The summed E-state index contributed by atoms with van der Waals surface area (Å²) in [5.74, 6) is -1.01. The van der Waals surface area contributed by atoms with Crippen molar-refractivity contribution in [2.24, 2.45) is 0 Å². The molecule has 0 radical (unpaired) electrons. The Morgan fingerprint density at radius 3 is 2.67 bits per heavy atom. The highest BCUT2D eigenvalue weighted by atomic mass is 35.5. The first-order valence-corrected chi connectivity index (χ1v) is 6.65. The minimum atomic E-state index is -1.10. The summed E-state index contributed by atoms with van der Waals surface area (Å²) in [5, 5.41) is 9.11. The molecule has 0 aliphatic carbocycles. The van der Waals surface area contributed by atoms with Gasteiger partial charge < -0.3 is 10.0 Å². The van der Waals surface area contributed by atoms with E-state index >= 15 is 0 Å². The molecule has 21 heavy (non-hydrogen) atoms. The van der Waals surface area contributed by atoms with Crippen LogP contribution in [-0.2, 0) is 0 Å². The Bertz CT molecular complexity index is 678. The van der Waals surface area contributed by atoms with Gasteiger partial charge in [0, 0.05) is 18.8 Å². The zero-order chi connectivity index (χ0) is 15.6. The lowest BCUT2D eigenvalue weighted by molar-refractivity contribution is 0.0696. The van der Waals surface area contributed by atoms with Crippen LogP contribution in [0.25, 0.3) is 0 Å². The second-order valence-electron chi connectivity index (χ2n) is 4.64. The van der Waals surface area contributed by atoms with Crippen molar-refractivity contribution in [2.75, 3.05) is 11.9 Å². The van der Waals surface area contributed by atoms with Crippen LogP contribution in [0.1, 0.15) is 28.9 Å². The highest BCUT2D eigenvalue weighted by Crippen LogP contribution is 2.30. The molecule has 1 N–H and O–H groups in total. The number of halogens is 2. The number of carboxylic acid groups (broad SMARTS) is 1. The summed E-state index contributed by atoms with van der Waals surface area (Å²) >= 11 is 6.08. The quantitative estimate of drug-likeness (QED) is 0.934. The van der Waals surface area contributed by atoms with Gasteiger partial charge in [0.2, 0.25) is 0 Å². The van der Waals surface area contributed by atoms with Crippen LogP contribution in [0, 0.1) is 5.82 Å². The molecule has 1 unspecified atom stereocenters. The number of aromatic nitrogens is 1. The van der Waals surface area contributed by atoms with E-state index in [4.69, 9.17) is 16.7 Å². The molecule has 0 fully saturated rings. The van der Waals surface area contributed by atoms with Gasteiger partial charge in [0.05, 0.1) is 16.6 Å². The number of rotatable bonds is 4. The molecule has 0 amide bonds. The minimum absolute atomic E-state index is 0.00990. The molecule has 2 rings (SSSR count). The molecule has 1 aromatic carbocycles. The van der Waals surface area contributed by atoms with E-state index in [9.17, 15) is 9.18 Å². The van der Waals surface area contributed by atoms with E-state index in [1.165, 1.54) is 18.3 Å². The highest BCUT2D eigenvalue weighted by Gasteiger charge is 2.19. The van der Waals surface area contributed by atoms with Gasteiger partial charge in [-0.15, -0.1) is 0 Å². The first kappa shape index (κ1) is 15.3. The number of carbonyl (C=O) groups is 1. The zero-order valence-corrected chi connectivity index (χ0v) is 12.3. The molecule has 1 atom stereocenters. The van der Waals surface area contributed by atoms with Gasteiger partial charge in [-0.3, -0.25) is 0 Å². The molecule has 110 valence electrons. The number of nitrogens with zero attached hydrogens (tertiary/aromatic N) is 2. The van der Waals surface area contributed by atoms with Gasteiger partial charge in [0.15, 0.2) is 0 Å². The molecular formula is C15H14ClFN2O2. The van der Waals surface area contributed by atoms with Crippen LogP contribution in [0.4, 0.5) is 10.2 Å². The van der Waals surface area contributed by atoms with Crippen molar-refractivity contribution < 1.29 is 14.3 Å². The van der Waals surface area contributed by atoms with Gasteiger partial charge in [-0.1, -0.05) is 29.8 Å². The van der Waals surface area contributed by atoms with Crippen LogP contribution >= 0.6 is 11.6 Å². The van der Waals surface area contributed by atoms with Crippen LogP contribution in [-0.4, -0.2) is 23.1 Å². The number of benzene rings is 1. The first-order valence-electron chi connectivity index (χ1n) is 6.28. The van der Waals surface area contributed by atoms with Crippen molar-refractivity contribution >= 4 is 23.4 Å². The minimum Gasteiger partial charge on any atom is -0.478 e. The Morgan fingerprint density at radius 2 is 2.10 bits per heavy atom. The molecule has 4 nitrogen and oxygen atoms in total. The van der Waals surface area contributed by atoms with E-state index < -0.39 is 5.97 Å². The second-order valence-corrected chi connectivity index (χ2v) is 5.05. The number of hydrogen-bond donors (Lipinski definition) is 1. The predicted molar refractivity (Wildman–Crippen MR) is 79.4 cm³/mol. The topological polar surface area (TPSA) is 53.4 Å². The summed E-state index contributed by atoms with van der Waals surface area (Å²) < 4.78 is 13.8. The molecule has 0 saturated carbocycles. The molecule has 0 saturated heterocycles. The third-order valence-corrected chi connectivity index (χ3v) is 3.62. The maximum absolute atomic E-state index is 13.8. The van der Waals surface area contributed by atoms with Crippen LogP contribution in [0.5, 0.6) is 0 Å². The molecule has 6 heteroatoms. The Morgan fingerprint density at radius 1 is 1.43 bits per heavy atom. The third kappa shape index (κ3) is 3.13. The average molecular weight is 309 g/mol. The normalized spacial score (nSPS) is 12.0. The lowest BCUT2D eigenvalue weighted by Gasteiger charge is -2.27. The molecule has 0 bridgehead atoms. The fourth-order valence-corrected chi connectivity index (χ4v) is 2.31. The van der Waals surface area contributed by atoms with E-state index in [0.717, 1.165) is 0 Å². The average Bonchev–Trinajstić information content (AvgIpc) is 2.46. The monoisotopic (exact) mass is 308 g/mol. The first-order chi connectivity index (χ1) is 9.91. The largest absolute Gasteiger partial charge is 0.478 e. The van der Waals surface area contributed by atoms with Gasteiger partial charge in [0.25, 0.3) is 0 Å². The van der Waals surface area contributed by atoms with E-state index in [2.05, 4.69) is 4.98 Å². The van der Waals surface area contributed by atoms with Gasteiger partial charge in [-0.05, 0) is 19.1 Å². The number of anilines is 1. The van der Waals surface area contributed by atoms with Gasteiger partial charge in [0.1, 0.15) is 11.6 Å². The van der Waals surface area contributed by atoms with E-state index in [-0.39, 0.29) is 22.4 Å². The number of carboxylic acids is 1. The molecule has 1 aromatic heterocycles. The lowest BCUT2D eigenvalue weighted by atomic mass is 10.1. The van der Waals surface area contributed by atoms with Crippen LogP contribution in [0.3, 0.4) is 0 Å². The van der Waals surface area contributed by atoms with E-state index in [1.807, 2.05) is 6.92 Å². The summed E-state index contributed by atoms with van der Waals surface area (Å²) in [7, 11) is 1.73. The summed E-state index contributed by atoms with van der Waals surface area (Å²) in [4.78, 5) is 16.6. The summed E-state index contributed by atoms with van der Waals surface area (Å²) in [6.07, 6.45) is 1.23. The van der Waals surface area contributed by atoms with E-state index in [1.54, 1.807) is 30.1 Å². The van der Waals surface area contributed by atoms with Crippen molar-refractivity contribution in [3.8, 4) is 0 Å². The third-order valence-electron chi connectivity index (χ3n) is 3.34. The summed E-state index contributed by atoms with van der Waals surface area (Å²) in [6.45, 7) is 1.82. The van der Waals surface area contributed by atoms with Crippen molar-refractivity contribution in [1.82, 2.24) is 4.98 Å². The molecular weight excluding hydrogens is 295 g/mol. The Labute approximate surface area is 126 Å². The Hall–Kier alpha value is -2.14. The molecule has 0 spiro atoms. The summed E-state index contributed by atoms with van der Waals surface area (Å²) in [5.41, 5.74) is 0.524. The smallest absolute Gasteiger partial charge is 0.337 e. The van der Waals surface area contributed by atoms with Crippen LogP contribution in [0.15, 0.2) is 36.5 Å². The second kappa shape index (κ2) is 6.10. The summed E-state index contributed by atoms with van der Waals surface area (Å²) in [6, 6.07) is 7.49. The molecule has 1 heterocycles. The molecule has 2 aromatic rings. The maximum Gasteiger partial charge on any atom is 0.337 e. The number of aromatic carboxylic acids is 1. The zero-order valence-electron chi connectivity index (χ0n) is 11.5. The highest BCUT2D eigenvalue weighted by molar-refractivity contribution is 6.33. The van der Waals surface area contributed by atoms with Gasteiger partial charge >= 0.3 is 5.97 Å². The predicted octanol–water partition coefficient (Wildman–Crippen LogP) is 3.77. The van der Waals surface area contributed by atoms with E-state index in [0.29, 0.717) is 11.4 Å². The standard InChI is InChI=1S/C15H14ClFN2O2/c1-9(11-5-3-4-6-13(11)17)19(2)14-12(16)7-10(8-18-14)15(20)21/h3-9H,1-2H3,(H,20,21). The van der Waals surface area contributed by atoms with Crippen molar-refractivity contribution in [2.45, 2.75) is 13.0 Å². The van der Waals surface area contributed by atoms with Crippen molar-refractivity contribution in [1.29, 1.82) is 0 Å². The molecule has 0 aliphatic rings. The Kier molecular flexibility index (Phi) is 4.43. The van der Waals surface area contributed by atoms with Crippen molar-refractivity contribution in [3.05, 3.63) is 58.5 Å². The van der Waals surface area contributed by atoms with Gasteiger partial charge in [-0.25, -0.2) is 14.2 Å². The molecule has 0 aliphatic heterocycles. The maximum atomic E-state index is 13.8. The number of hydrogen-bond acceptors (Lipinski definition) is 3. The van der Waals surface area contributed by atoms with Crippen LogP contribution in [0.2, 0.25) is 5.02 Å². The number of pyridine rings is 1. The van der Waals surface area contributed by atoms with Gasteiger partial charge in [-0.2, -0.15) is 0 Å². The van der Waals surface area contributed by atoms with Crippen molar-refractivity contribution in [3.63, 3.8) is 0 Å². The SMILES string of the molecule is CC(c1ccccc1F)N(C)c1ncc(C(=O)O)cc1Cl.